The maximum Gasteiger partial charge on any atom is 0.243 e. The van der Waals surface area contributed by atoms with Crippen molar-refractivity contribution < 1.29 is 9.32 Å². The fourth-order valence-corrected chi connectivity index (χ4v) is 3.18. The lowest BCUT2D eigenvalue weighted by Gasteiger charge is -2.22. The second-order valence-electron chi connectivity index (χ2n) is 4.64. The zero-order chi connectivity index (χ0) is 14.7. The molecule has 0 saturated heterocycles. The average molecular weight is 358 g/mol. The Balaban J connectivity index is 1.92. The minimum Gasteiger partial charge on any atom is -0.338 e. The van der Waals surface area contributed by atoms with Gasteiger partial charge in [-0.05, 0) is 42.9 Å². The fourth-order valence-electron chi connectivity index (χ4n) is 1.67. The summed E-state index contributed by atoms with van der Waals surface area (Å²) >= 11 is 5.09. The number of halogens is 1. The van der Waals surface area contributed by atoms with E-state index in [1.165, 1.54) is 4.88 Å². The van der Waals surface area contributed by atoms with Crippen molar-refractivity contribution in [3.63, 3.8) is 0 Å². The molecule has 0 aliphatic rings. The third-order valence-corrected chi connectivity index (χ3v) is 4.62. The minimum atomic E-state index is -0.263. The third kappa shape index (κ3) is 3.91. The molecule has 0 bridgehead atoms. The monoisotopic (exact) mass is 357 g/mol. The van der Waals surface area contributed by atoms with Gasteiger partial charge >= 0.3 is 0 Å². The summed E-state index contributed by atoms with van der Waals surface area (Å²) in [4.78, 5) is 15.3. The number of thiophene rings is 1. The van der Waals surface area contributed by atoms with Gasteiger partial charge in [-0.2, -0.15) is 0 Å². The number of hydrogen-bond donors (Lipinski definition) is 1. The van der Waals surface area contributed by atoms with Gasteiger partial charge in [-0.25, -0.2) is 0 Å². The number of hydrogen-bond acceptors (Lipinski definition) is 5. The lowest BCUT2D eigenvalue weighted by atomic mass is 10.2. The summed E-state index contributed by atoms with van der Waals surface area (Å²) in [6.45, 7) is 4.39. The van der Waals surface area contributed by atoms with Gasteiger partial charge in [0.2, 0.25) is 11.8 Å². The number of likely N-dealkylation sites (N-methyl/N-ethyl adjacent to an activating group) is 1. The molecule has 0 aliphatic heterocycles. The number of aromatic nitrogens is 1. The Morgan fingerprint density at radius 3 is 2.90 bits per heavy atom. The first kappa shape index (κ1) is 15.2. The van der Waals surface area contributed by atoms with Crippen LogP contribution in [0.4, 0.5) is 5.88 Å². The Morgan fingerprint density at radius 2 is 2.35 bits per heavy atom. The van der Waals surface area contributed by atoms with Crippen LogP contribution in [-0.2, 0) is 11.3 Å². The van der Waals surface area contributed by atoms with E-state index in [1.54, 1.807) is 17.4 Å². The van der Waals surface area contributed by atoms with Gasteiger partial charge in [-0.15, -0.1) is 11.3 Å². The smallest absolute Gasteiger partial charge is 0.243 e. The number of nitrogens with one attached hydrogen (secondary N) is 1. The zero-order valence-electron chi connectivity index (χ0n) is 11.5. The van der Waals surface area contributed by atoms with Crippen LogP contribution >= 0.6 is 27.3 Å². The van der Waals surface area contributed by atoms with E-state index in [-0.39, 0.29) is 11.9 Å². The summed E-state index contributed by atoms with van der Waals surface area (Å²) in [5.74, 6) is 0.269. The number of aryl methyl sites for hydroxylation is 1. The van der Waals surface area contributed by atoms with Crippen LogP contribution in [0.2, 0.25) is 0 Å². The summed E-state index contributed by atoms with van der Waals surface area (Å²) in [6.07, 6.45) is 0. The van der Waals surface area contributed by atoms with Crippen molar-refractivity contribution in [2.24, 2.45) is 0 Å². The Labute approximate surface area is 130 Å². The molecule has 1 atom stereocenters. The predicted octanol–water partition coefficient (Wildman–Crippen LogP) is 3.27. The van der Waals surface area contributed by atoms with E-state index in [0.29, 0.717) is 5.88 Å². The van der Waals surface area contributed by atoms with E-state index in [4.69, 9.17) is 4.52 Å². The quantitative estimate of drug-likeness (QED) is 0.891. The van der Waals surface area contributed by atoms with E-state index in [9.17, 15) is 4.79 Å². The summed E-state index contributed by atoms with van der Waals surface area (Å²) < 4.78 is 6.05. The molecule has 0 aliphatic carbocycles. The standard InChI is InChI=1S/C13H16BrN3O2S/c1-8-4-12(19-16-8)15-13(18)9(2)17(3)6-11-5-10(14)7-20-11/h4-5,7,9H,6H2,1-3H3,(H,15,18). The molecule has 0 aromatic carbocycles. The second-order valence-corrected chi connectivity index (χ2v) is 6.56. The highest BCUT2D eigenvalue weighted by Crippen LogP contribution is 2.21. The zero-order valence-corrected chi connectivity index (χ0v) is 13.9. The largest absolute Gasteiger partial charge is 0.338 e. The van der Waals surface area contributed by atoms with Gasteiger partial charge in [0.15, 0.2) is 0 Å². The molecule has 0 fully saturated rings. The molecule has 2 aromatic rings. The summed E-state index contributed by atoms with van der Waals surface area (Å²) in [5, 5.41) is 8.49. The van der Waals surface area contributed by atoms with Crippen LogP contribution in [0.1, 0.15) is 17.5 Å². The van der Waals surface area contributed by atoms with Crippen LogP contribution in [-0.4, -0.2) is 29.1 Å². The van der Waals surface area contributed by atoms with Gasteiger partial charge in [-0.1, -0.05) is 5.16 Å². The Kier molecular flexibility index (Phi) is 4.95. The van der Waals surface area contributed by atoms with Gasteiger partial charge in [0, 0.05) is 27.3 Å². The van der Waals surface area contributed by atoms with Gasteiger partial charge in [-0.3, -0.25) is 15.0 Å². The van der Waals surface area contributed by atoms with Gasteiger partial charge in [0.1, 0.15) is 0 Å². The predicted molar refractivity (Wildman–Crippen MR) is 82.8 cm³/mol. The van der Waals surface area contributed by atoms with Crippen molar-refractivity contribution in [3.8, 4) is 0 Å². The topological polar surface area (TPSA) is 58.4 Å². The molecular formula is C13H16BrN3O2S. The van der Waals surface area contributed by atoms with E-state index in [1.807, 2.05) is 31.2 Å². The summed E-state index contributed by atoms with van der Waals surface area (Å²) in [5.41, 5.74) is 0.741. The molecule has 7 heteroatoms. The second kappa shape index (κ2) is 6.51. The van der Waals surface area contributed by atoms with Crippen molar-refractivity contribution >= 4 is 39.1 Å². The number of amides is 1. The van der Waals surface area contributed by atoms with Crippen LogP contribution in [0.5, 0.6) is 0 Å². The van der Waals surface area contributed by atoms with Crippen molar-refractivity contribution in [2.75, 3.05) is 12.4 Å². The first-order valence-corrected chi connectivity index (χ1v) is 7.80. The molecule has 0 spiro atoms. The van der Waals surface area contributed by atoms with Gasteiger partial charge in [0.05, 0.1) is 11.7 Å². The molecule has 2 heterocycles. The van der Waals surface area contributed by atoms with E-state index >= 15 is 0 Å². The maximum atomic E-state index is 12.1. The third-order valence-electron chi connectivity index (χ3n) is 2.94. The summed E-state index contributed by atoms with van der Waals surface area (Å²) in [7, 11) is 1.92. The Morgan fingerprint density at radius 1 is 1.60 bits per heavy atom. The first-order valence-electron chi connectivity index (χ1n) is 6.13. The van der Waals surface area contributed by atoms with Crippen molar-refractivity contribution in [1.29, 1.82) is 0 Å². The van der Waals surface area contributed by atoms with Crippen molar-refractivity contribution in [1.82, 2.24) is 10.1 Å². The normalized spacial score (nSPS) is 12.7. The van der Waals surface area contributed by atoms with E-state index in [2.05, 4.69) is 32.5 Å². The number of carbonyl (C=O) groups excluding carboxylic acids is 1. The van der Waals surface area contributed by atoms with Crippen LogP contribution in [0.15, 0.2) is 26.5 Å². The number of carbonyl (C=O) groups is 1. The molecular weight excluding hydrogens is 342 g/mol. The van der Waals surface area contributed by atoms with E-state index < -0.39 is 0 Å². The van der Waals surface area contributed by atoms with Gasteiger partial charge < -0.3 is 4.52 Å². The molecule has 20 heavy (non-hydrogen) atoms. The van der Waals surface area contributed by atoms with Crippen LogP contribution in [0, 0.1) is 6.92 Å². The molecule has 2 aromatic heterocycles. The molecule has 2 rings (SSSR count). The Hall–Kier alpha value is -1.18. The number of nitrogens with zero attached hydrogens (tertiary/aromatic N) is 2. The van der Waals surface area contributed by atoms with Crippen molar-refractivity contribution in [3.05, 3.63) is 32.6 Å². The number of rotatable bonds is 5. The molecule has 1 amide bonds. The summed E-state index contributed by atoms with van der Waals surface area (Å²) in [6, 6.07) is 3.49. The molecule has 0 radical (unpaired) electrons. The van der Waals surface area contributed by atoms with Crippen molar-refractivity contribution in [2.45, 2.75) is 26.4 Å². The van der Waals surface area contributed by atoms with Crippen LogP contribution in [0.25, 0.3) is 0 Å². The average Bonchev–Trinajstić information content (AvgIpc) is 2.97. The van der Waals surface area contributed by atoms with Gasteiger partial charge in [0.25, 0.3) is 0 Å². The molecule has 5 nitrogen and oxygen atoms in total. The fraction of sp³-hybridized carbons (Fsp3) is 0.385. The highest BCUT2D eigenvalue weighted by atomic mass is 79.9. The number of anilines is 1. The lowest BCUT2D eigenvalue weighted by molar-refractivity contribution is -0.120. The lowest BCUT2D eigenvalue weighted by Crippen LogP contribution is -2.38. The Bertz CT molecular complexity index is 596. The highest BCUT2D eigenvalue weighted by molar-refractivity contribution is 9.10. The van der Waals surface area contributed by atoms with Crippen LogP contribution < -0.4 is 5.32 Å². The van der Waals surface area contributed by atoms with E-state index in [0.717, 1.165) is 16.7 Å². The maximum absolute atomic E-state index is 12.1. The SMILES string of the molecule is Cc1cc(NC(=O)C(C)N(C)Cc2cc(Br)cs2)on1. The highest BCUT2D eigenvalue weighted by Gasteiger charge is 2.20. The molecule has 0 saturated carbocycles. The molecule has 108 valence electrons. The molecule has 1 unspecified atom stereocenters. The van der Waals surface area contributed by atoms with Crippen LogP contribution in [0.3, 0.4) is 0 Å². The molecule has 1 N–H and O–H groups in total. The minimum absolute atomic E-state index is 0.112. The first-order chi connectivity index (χ1) is 9.45.